The fraction of sp³-hybridized carbons (Fsp3) is 0.500. The molecule has 0 unspecified atom stereocenters. The van der Waals surface area contributed by atoms with Gasteiger partial charge in [-0.3, -0.25) is 14.4 Å². The van der Waals surface area contributed by atoms with Crippen molar-refractivity contribution in [3.63, 3.8) is 0 Å². The van der Waals surface area contributed by atoms with Crippen LogP contribution >= 0.6 is 0 Å². The van der Waals surface area contributed by atoms with Gasteiger partial charge in [-0.25, -0.2) is 0 Å². The van der Waals surface area contributed by atoms with Crippen LogP contribution in [0.15, 0.2) is 24.3 Å². The Hall–Kier alpha value is -1.46. The van der Waals surface area contributed by atoms with Gasteiger partial charge >= 0.3 is 58.2 Å². The Labute approximate surface area is 243 Å². The van der Waals surface area contributed by atoms with Crippen LogP contribution in [0.4, 0.5) is 5.69 Å². The molecule has 3 N–H and O–H groups in total. The number of benzene rings is 1. The number of rotatable bonds is 16. The van der Waals surface area contributed by atoms with Crippen molar-refractivity contribution in [3.8, 4) is 0 Å². The predicted molar refractivity (Wildman–Crippen MR) is 118 cm³/mol. The standard InChI is InChI=1S/C22H32N4O6.Rb/c1-23-19(28)9-11-25-20(29)14-17-7-6-8-18(13-17)26-22(31)16-32-15-21(30)24-10-4-2-3-5-12-27;/h6-8,12-13H,2-5,9-11,14-16H2,1H3,(H4,23,24,25,26,28,29,30,31);/q;+1/p-1. The third-order valence-electron chi connectivity index (χ3n) is 4.26. The minimum Gasteiger partial charge on any atom is -0.625 e. The molecule has 0 aromatic heterocycles. The first-order chi connectivity index (χ1) is 15.4. The van der Waals surface area contributed by atoms with Gasteiger partial charge in [0.15, 0.2) is 0 Å². The van der Waals surface area contributed by atoms with Crippen molar-refractivity contribution < 1.29 is 86.9 Å². The third kappa shape index (κ3) is 16.7. The van der Waals surface area contributed by atoms with E-state index in [9.17, 15) is 24.0 Å². The molecule has 0 saturated heterocycles. The van der Waals surface area contributed by atoms with Crippen LogP contribution in [0.1, 0.15) is 37.7 Å². The first-order valence-electron chi connectivity index (χ1n) is 10.5. The minimum absolute atomic E-state index is 0. The van der Waals surface area contributed by atoms with Gasteiger partial charge in [0.1, 0.15) is 12.9 Å². The third-order valence-corrected chi connectivity index (χ3v) is 4.26. The Balaban J connectivity index is 0.0000102. The van der Waals surface area contributed by atoms with Gasteiger partial charge in [0.25, 0.3) is 0 Å². The second-order valence-electron chi connectivity index (χ2n) is 6.98. The van der Waals surface area contributed by atoms with Gasteiger partial charge in [-0.2, -0.15) is 0 Å². The van der Waals surface area contributed by atoms with Gasteiger partial charge in [0, 0.05) is 33.0 Å². The smallest absolute Gasteiger partial charge is 0.625 e. The number of nitrogens with zero attached hydrogens (tertiary/aromatic N) is 1. The zero-order valence-electron chi connectivity index (χ0n) is 19.4. The van der Waals surface area contributed by atoms with Crippen molar-refractivity contribution in [2.24, 2.45) is 0 Å². The predicted octanol–water partition coefficient (Wildman–Crippen LogP) is -2.09. The van der Waals surface area contributed by atoms with Gasteiger partial charge in [0.05, 0.1) is 18.9 Å². The van der Waals surface area contributed by atoms with E-state index in [-0.39, 0.29) is 109 Å². The average Bonchev–Trinajstić information content (AvgIpc) is 2.76. The van der Waals surface area contributed by atoms with Crippen LogP contribution in [0.5, 0.6) is 0 Å². The molecule has 0 spiro atoms. The van der Waals surface area contributed by atoms with E-state index < -0.39 is 5.91 Å². The molecule has 1 aromatic carbocycles. The van der Waals surface area contributed by atoms with E-state index in [0.717, 1.165) is 25.5 Å². The Bertz CT molecular complexity index is 775. The molecule has 1 aromatic rings. The normalized spacial score (nSPS) is 9.85. The molecule has 0 fully saturated rings. The van der Waals surface area contributed by atoms with E-state index in [1.165, 1.54) is 7.05 Å². The molecule has 0 atom stereocenters. The van der Waals surface area contributed by atoms with Crippen LogP contribution in [0, 0.1) is 0 Å². The molecule has 0 aliphatic heterocycles. The van der Waals surface area contributed by atoms with Crippen LogP contribution in [-0.4, -0.2) is 63.3 Å². The molecule has 0 radical (unpaired) electrons. The summed E-state index contributed by atoms with van der Waals surface area (Å²) in [6.07, 6.45) is 4.12. The van der Waals surface area contributed by atoms with Gasteiger partial charge in [0.2, 0.25) is 17.7 Å². The van der Waals surface area contributed by atoms with Crippen molar-refractivity contribution in [2.45, 2.75) is 38.5 Å². The maximum absolute atomic E-state index is 12.0. The topological polar surface area (TPSA) is 145 Å². The van der Waals surface area contributed by atoms with Crippen LogP contribution in [0.3, 0.4) is 0 Å². The Morgan fingerprint density at radius 3 is 2.45 bits per heavy atom. The second kappa shape index (κ2) is 20.0. The van der Waals surface area contributed by atoms with Crippen LogP contribution in [0.25, 0.3) is 5.32 Å². The summed E-state index contributed by atoms with van der Waals surface area (Å²) in [5.74, 6) is -1.26. The molecule has 10 nitrogen and oxygen atoms in total. The fourth-order valence-electron chi connectivity index (χ4n) is 2.64. The van der Waals surface area contributed by atoms with Crippen molar-refractivity contribution in [1.82, 2.24) is 16.0 Å². The minimum atomic E-state index is -0.543. The molecule has 0 saturated carbocycles. The summed E-state index contributed by atoms with van der Waals surface area (Å²) < 4.78 is 5.09. The Morgan fingerprint density at radius 1 is 0.970 bits per heavy atom. The van der Waals surface area contributed by atoms with Gasteiger partial charge < -0.3 is 35.6 Å². The molecule has 4 amide bonds. The molecule has 176 valence electrons. The summed E-state index contributed by atoms with van der Waals surface area (Å²) >= 11 is 0. The molecule has 1 rings (SSSR count). The largest absolute Gasteiger partial charge is 1.00 e. The summed E-state index contributed by atoms with van der Waals surface area (Å²) in [6.45, 7) is 0.153. The Morgan fingerprint density at radius 2 is 1.73 bits per heavy atom. The van der Waals surface area contributed by atoms with Crippen LogP contribution in [0.2, 0.25) is 0 Å². The van der Waals surface area contributed by atoms with Gasteiger partial charge in [-0.1, -0.05) is 30.7 Å². The zero-order chi connectivity index (χ0) is 23.6. The summed E-state index contributed by atoms with van der Waals surface area (Å²) in [5, 5.41) is 11.7. The molecular formula is C22H31N4O6Rb. The van der Waals surface area contributed by atoms with E-state index in [4.69, 9.17) is 4.74 Å². The number of unbranched alkanes of at least 4 members (excludes halogenated alkanes) is 3. The molecule has 0 aliphatic carbocycles. The van der Waals surface area contributed by atoms with Crippen LogP contribution < -0.4 is 74.1 Å². The van der Waals surface area contributed by atoms with E-state index in [2.05, 4.69) is 21.3 Å². The quantitative estimate of drug-likeness (QED) is 0.164. The maximum atomic E-state index is 12.0. The van der Waals surface area contributed by atoms with Crippen molar-refractivity contribution in [3.05, 3.63) is 35.1 Å². The van der Waals surface area contributed by atoms with Crippen molar-refractivity contribution in [1.29, 1.82) is 0 Å². The van der Waals surface area contributed by atoms with E-state index in [0.29, 0.717) is 24.2 Å². The average molecular weight is 533 g/mol. The second-order valence-corrected chi connectivity index (χ2v) is 6.98. The molecule has 0 heterocycles. The van der Waals surface area contributed by atoms with Gasteiger partial charge in [-0.05, 0) is 18.4 Å². The summed E-state index contributed by atoms with van der Waals surface area (Å²) in [5.41, 5.74) is 1.05. The van der Waals surface area contributed by atoms with E-state index in [1.807, 2.05) is 0 Å². The number of carbonyl (C=O) groups excluding carboxylic acids is 5. The molecule has 0 bridgehead atoms. The van der Waals surface area contributed by atoms with Crippen molar-refractivity contribution in [2.75, 3.05) is 33.4 Å². The maximum Gasteiger partial charge on any atom is 1.00 e. The van der Waals surface area contributed by atoms with E-state index in [1.54, 1.807) is 24.3 Å². The number of carbonyl (C=O) groups is 5. The van der Waals surface area contributed by atoms with Crippen molar-refractivity contribution >= 4 is 35.6 Å². The summed E-state index contributed by atoms with van der Waals surface area (Å²) in [4.78, 5) is 56.9. The monoisotopic (exact) mass is 532 g/mol. The molecule has 0 aliphatic rings. The fourth-order valence-corrected chi connectivity index (χ4v) is 2.64. The molecular weight excluding hydrogens is 502 g/mol. The van der Waals surface area contributed by atoms with Gasteiger partial charge in [-0.15, -0.1) is 5.69 Å². The number of aldehydes is 1. The zero-order valence-corrected chi connectivity index (χ0v) is 24.3. The Kier molecular flexibility index (Phi) is 19.1. The summed E-state index contributed by atoms with van der Waals surface area (Å²) in [6, 6.07) is 6.67. The number of hydrogen-bond acceptors (Lipinski definition) is 6. The first-order valence-corrected chi connectivity index (χ1v) is 10.5. The summed E-state index contributed by atoms with van der Waals surface area (Å²) in [7, 11) is 1.53. The number of hydrogen-bond donors (Lipinski definition) is 3. The first kappa shape index (κ1) is 31.5. The number of amides is 4. The number of nitrogens with one attached hydrogen (secondary N) is 3. The van der Waals surface area contributed by atoms with Crippen LogP contribution in [-0.2, 0) is 35.1 Å². The van der Waals surface area contributed by atoms with E-state index >= 15 is 0 Å². The number of ether oxygens (including phenoxy) is 1. The molecule has 33 heavy (non-hydrogen) atoms. The SMILES string of the molecule is CNC(=O)CCNC(=O)Cc1cccc([N-]C(=O)COCC(=O)NCCCCCC=O)c1.[Rb+]. The molecule has 11 heteroatoms.